The number of aliphatic hydroxyl groups is 1. The maximum atomic E-state index is 12.5. The molecule has 1 amide bonds. The maximum absolute atomic E-state index is 12.5. The molecule has 4 rings (SSSR count). The summed E-state index contributed by atoms with van der Waals surface area (Å²) in [6.07, 6.45) is 0.794. The zero-order valence-electron chi connectivity index (χ0n) is 20.1. The Labute approximate surface area is 200 Å². The van der Waals surface area contributed by atoms with Crippen LogP contribution in [0.2, 0.25) is 0 Å². The Morgan fingerprint density at radius 1 is 1.12 bits per heavy atom. The molecule has 1 atom stereocenters. The SMILES string of the molecule is CC(=O)c1c(C)n(-c2ccc(C)cc2)c2ccc(OCC(O)CN3CCC(C(N)=O)CC3)cc12. The molecule has 1 aliphatic rings. The number of Topliss-reactive ketones (excluding diaryl/α,β-unsaturated/α-hetero) is 1. The van der Waals surface area contributed by atoms with E-state index in [1.807, 2.05) is 32.0 Å². The number of ketones is 1. The maximum Gasteiger partial charge on any atom is 0.220 e. The number of nitrogens with two attached hydrogens (primary N) is 1. The van der Waals surface area contributed by atoms with Gasteiger partial charge < -0.3 is 25.0 Å². The number of fused-ring (bicyclic) bond motifs is 1. The van der Waals surface area contributed by atoms with E-state index in [2.05, 4.69) is 33.7 Å². The first-order chi connectivity index (χ1) is 16.2. The second-order valence-electron chi connectivity index (χ2n) is 9.31. The largest absolute Gasteiger partial charge is 0.491 e. The van der Waals surface area contributed by atoms with Crippen molar-refractivity contribution in [1.82, 2.24) is 9.47 Å². The van der Waals surface area contributed by atoms with Gasteiger partial charge in [-0.15, -0.1) is 0 Å². The fraction of sp³-hybridized carbons (Fsp3) is 0.407. The van der Waals surface area contributed by atoms with Crippen LogP contribution in [0.15, 0.2) is 42.5 Å². The molecule has 7 nitrogen and oxygen atoms in total. The lowest BCUT2D eigenvalue weighted by atomic mass is 9.96. The molecule has 1 fully saturated rings. The zero-order valence-corrected chi connectivity index (χ0v) is 20.1. The van der Waals surface area contributed by atoms with Crippen LogP contribution >= 0.6 is 0 Å². The molecule has 1 aromatic heterocycles. The van der Waals surface area contributed by atoms with Crippen molar-refractivity contribution in [3.05, 3.63) is 59.3 Å². The van der Waals surface area contributed by atoms with Crippen LogP contribution in [0.1, 0.15) is 41.4 Å². The van der Waals surface area contributed by atoms with E-state index in [0.717, 1.165) is 48.2 Å². The summed E-state index contributed by atoms with van der Waals surface area (Å²) in [5.74, 6) is 0.310. The van der Waals surface area contributed by atoms with Crippen LogP contribution in [0.25, 0.3) is 16.6 Å². The molecule has 0 radical (unpaired) electrons. The van der Waals surface area contributed by atoms with Crippen LogP contribution in [0.5, 0.6) is 5.75 Å². The second kappa shape index (κ2) is 9.99. The molecule has 0 saturated carbocycles. The predicted molar refractivity (Wildman–Crippen MR) is 133 cm³/mol. The van der Waals surface area contributed by atoms with Crippen molar-refractivity contribution >= 4 is 22.6 Å². The summed E-state index contributed by atoms with van der Waals surface area (Å²) in [6, 6.07) is 13.9. The number of aliphatic hydroxyl groups excluding tert-OH is 1. The van der Waals surface area contributed by atoms with Crippen molar-refractivity contribution in [1.29, 1.82) is 0 Å². The molecule has 3 N–H and O–H groups in total. The average Bonchev–Trinajstić information content (AvgIpc) is 3.10. The Hall–Kier alpha value is -3.16. The Morgan fingerprint density at radius 3 is 2.41 bits per heavy atom. The quantitative estimate of drug-likeness (QED) is 0.499. The monoisotopic (exact) mass is 463 g/mol. The highest BCUT2D eigenvalue weighted by molar-refractivity contribution is 6.09. The molecule has 34 heavy (non-hydrogen) atoms. The topological polar surface area (TPSA) is 97.8 Å². The van der Waals surface area contributed by atoms with Gasteiger partial charge in [0.2, 0.25) is 5.91 Å². The number of ether oxygens (including phenoxy) is 1. The van der Waals surface area contributed by atoms with Crippen molar-refractivity contribution in [2.75, 3.05) is 26.2 Å². The van der Waals surface area contributed by atoms with Gasteiger partial charge in [0.05, 0.1) is 5.52 Å². The third-order valence-electron chi connectivity index (χ3n) is 6.72. The second-order valence-corrected chi connectivity index (χ2v) is 9.31. The van der Waals surface area contributed by atoms with Gasteiger partial charge in [-0.2, -0.15) is 0 Å². The highest BCUT2D eigenvalue weighted by atomic mass is 16.5. The molecule has 1 saturated heterocycles. The lowest BCUT2D eigenvalue weighted by molar-refractivity contribution is -0.123. The summed E-state index contributed by atoms with van der Waals surface area (Å²) < 4.78 is 8.01. The van der Waals surface area contributed by atoms with E-state index in [9.17, 15) is 14.7 Å². The number of piperidine rings is 1. The van der Waals surface area contributed by atoms with Gasteiger partial charge in [-0.1, -0.05) is 17.7 Å². The molecule has 1 unspecified atom stereocenters. The Morgan fingerprint density at radius 2 is 1.79 bits per heavy atom. The molecule has 0 spiro atoms. The normalized spacial score (nSPS) is 16.0. The lowest BCUT2D eigenvalue weighted by Gasteiger charge is -2.31. The first kappa shape index (κ1) is 24.0. The molecular formula is C27H33N3O4. The number of β-amino-alcohol motifs (C(OH)–C–C–N with tert-alkyl or cyclic N) is 1. The van der Waals surface area contributed by atoms with Crippen molar-refractivity contribution in [2.45, 2.75) is 39.7 Å². The molecule has 180 valence electrons. The number of rotatable bonds is 8. The molecule has 0 aliphatic carbocycles. The smallest absolute Gasteiger partial charge is 0.220 e. The van der Waals surface area contributed by atoms with E-state index in [1.165, 1.54) is 5.56 Å². The van der Waals surface area contributed by atoms with Gasteiger partial charge in [-0.05, 0) is 77.0 Å². The number of aromatic nitrogens is 1. The van der Waals surface area contributed by atoms with Crippen LogP contribution in [-0.2, 0) is 4.79 Å². The minimum absolute atomic E-state index is 0.00455. The summed E-state index contributed by atoms with van der Waals surface area (Å²) in [5, 5.41) is 11.3. The third kappa shape index (κ3) is 5.00. The number of likely N-dealkylation sites (tertiary alicyclic amines) is 1. The molecular weight excluding hydrogens is 430 g/mol. The summed E-state index contributed by atoms with van der Waals surface area (Å²) >= 11 is 0. The number of carbonyl (C=O) groups excluding carboxylic acids is 2. The minimum Gasteiger partial charge on any atom is -0.491 e. The van der Waals surface area contributed by atoms with Crippen molar-refractivity contribution in [3.63, 3.8) is 0 Å². The first-order valence-corrected chi connectivity index (χ1v) is 11.8. The fourth-order valence-electron chi connectivity index (χ4n) is 4.90. The Kier molecular flexibility index (Phi) is 7.05. The van der Waals surface area contributed by atoms with Crippen LogP contribution in [-0.4, -0.2) is 58.6 Å². The van der Waals surface area contributed by atoms with Gasteiger partial charge in [0.25, 0.3) is 0 Å². The number of hydrogen-bond acceptors (Lipinski definition) is 5. The average molecular weight is 464 g/mol. The first-order valence-electron chi connectivity index (χ1n) is 11.8. The van der Waals surface area contributed by atoms with Gasteiger partial charge in [0.15, 0.2) is 5.78 Å². The zero-order chi connectivity index (χ0) is 24.4. The Balaban J connectivity index is 1.49. The third-order valence-corrected chi connectivity index (χ3v) is 6.72. The van der Waals surface area contributed by atoms with Gasteiger partial charge in [0.1, 0.15) is 18.5 Å². The van der Waals surface area contributed by atoms with Crippen LogP contribution in [0.3, 0.4) is 0 Å². The number of nitrogens with zero attached hydrogens (tertiary/aromatic N) is 2. The van der Waals surface area contributed by atoms with Gasteiger partial charge in [-0.25, -0.2) is 0 Å². The van der Waals surface area contributed by atoms with Crippen molar-refractivity contribution in [3.8, 4) is 11.4 Å². The summed E-state index contributed by atoms with van der Waals surface area (Å²) in [4.78, 5) is 26.0. The minimum atomic E-state index is -0.660. The summed E-state index contributed by atoms with van der Waals surface area (Å²) in [5.41, 5.74) is 10.1. The van der Waals surface area contributed by atoms with Gasteiger partial charge >= 0.3 is 0 Å². The molecule has 2 aromatic carbocycles. The number of carbonyl (C=O) groups is 2. The van der Waals surface area contributed by atoms with Gasteiger partial charge in [-0.3, -0.25) is 9.59 Å². The lowest BCUT2D eigenvalue weighted by Crippen LogP contribution is -2.43. The van der Waals surface area contributed by atoms with Crippen molar-refractivity contribution < 1.29 is 19.4 Å². The number of primary amides is 1. The van der Waals surface area contributed by atoms with Crippen LogP contribution in [0, 0.1) is 19.8 Å². The molecule has 1 aliphatic heterocycles. The molecule has 3 aromatic rings. The van der Waals surface area contributed by atoms with Crippen molar-refractivity contribution in [2.24, 2.45) is 11.7 Å². The Bertz CT molecular complexity index is 1190. The number of aryl methyl sites for hydroxylation is 1. The predicted octanol–water partition coefficient (Wildman–Crippen LogP) is 3.39. The van der Waals surface area contributed by atoms with Crippen LogP contribution in [0.4, 0.5) is 0 Å². The molecule has 2 heterocycles. The highest BCUT2D eigenvalue weighted by Crippen LogP contribution is 2.32. The van der Waals surface area contributed by atoms with E-state index >= 15 is 0 Å². The molecule has 0 bridgehead atoms. The van der Waals surface area contributed by atoms with E-state index in [4.69, 9.17) is 10.5 Å². The van der Waals surface area contributed by atoms with E-state index < -0.39 is 6.10 Å². The standard InChI is InChI=1S/C27H33N3O4/c1-17-4-6-21(7-5-17)30-18(2)26(19(3)31)24-14-23(8-9-25(24)30)34-16-22(32)15-29-12-10-20(11-13-29)27(28)33/h4-9,14,20,22,32H,10-13,15-16H2,1-3H3,(H2,28,33). The van der Waals surface area contributed by atoms with Gasteiger partial charge in [0, 0.05) is 34.8 Å². The van der Waals surface area contributed by atoms with E-state index in [-0.39, 0.29) is 24.2 Å². The number of amides is 1. The fourth-order valence-corrected chi connectivity index (χ4v) is 4.90. The molecule has 7 heteroatoms. The number of benzene rings is 2. The number of hydrogen-bond donors (Lipinski definition) is 2. The highest BCUT2D eigenvalue weighted by Gasteiger charge is 2.24. The van der Waals surface area contributed by atoms with E-state index in [1.54, 1.807) is 6.92 Å². The summed E-state index contributed by atoms with van der Waals surface area (Å²) in [6.45, 7) is 7.70. The van der Waals surface area contributed by atoms with E-state index in [0.29, 0.717) is 17.9 Å². The summed E-state index contributed by atoms with van der Waals surface area (Å²) in [7, 11) is 0. The van der Waals surface area contributed by atoms with Crippen LogP contribution < -0.4 is 10.5 Å².